The minimum Gasteiger partial charge on any atom is -0.462 e. The van der Waals surface area contributed by atoms with E-state index in [0.29, 0.717) is 38.0 Å². The normalized spacial score (nSPS) is 11.3. The van der Waals surface area contributed by atoms with E-state index in [4.69, 9.17) is 18.0 Å². The number of ether oxygens (including phenoxy) is 1. The van der Waals surface area contributed by atoms with Crippen molar-refractivity contribution in [3.63, 3.8) is 0 Å². The molecule has 0 atom stereocenters. The zero-order valence-electron chi connectivity index (χ0n) is 15.6. The average molecular weight is 367 g/mol. The number of esters is 1. The van der Waals surface area contributed by atoms with Crippen molar-refractivity contribution in [1.29, 1.82) is 0 Å². The zero-order valence-corrected chi connectivity index (χ0v) is 16.6. The van der Waals surface area contributed by atoms with E-state index in [9.17, 15) is 4.79 Å². The minimum absolute atomic E-state index is 0.349. The molecule has 1 rings (SSSR count). The van der Waals surface area contributed by atoms with E-state index in [0.717, 1.165) is 18.4 Å². The van der Waals surface area contributed by atoms with Crippen LogP contribution < -0.4 is 0 Å². The van der Waals surface area contributed by atoms with Crippen molar-refractivity contribution >= 4 is 14.8 Å². The second kappa shape index (κ2) is 12.0. The predicted octanol–water partition coefficient (Wildman–Crippen LogP) is 4.11. The average Bonchev–Trinajstić information content (AvgIpc) is 2.61. The van der Waals surface area contributed by atoms with Crippen LogP contribution in [0.1, 0.15) is 39.2 Å². The summed E-state index contributed by atoms with van der Waals surface area (Å²) in [6.07, 6.45) is 1.55. The van der Waals surface area contributed by atoms with Gasteiger partial charge >= 0.3 is 14.8 Å². The Kier molecular flexibility index (Phi) is 10.3. The topological polar surface area (TPSA) is 54.0 Å². The Bertz CT molecular complexity index is 512. The minimum atomic E-state index is -2.74. The van der Waals surface area contributed by atoms with E-state index in [-0.39, 0.29) is 5.97 Å². The van der Waals surface area contributed by atoms with Crippen LogP contribution in [0, 0.1) is 0 Å². The van der Waals surface area contributed by atoms with Crippen molar-refractivity contribution in [3.05, 3.63) is 48.0 Å². The second-order valence-electron chi connectivity index (χ2n) is 5.70. The summed E-state index contributed by atoms with van der Waals surface area (Å²) in [6, 6.07) is 10.7. The van der Waals surface area contributed by atoms with Gasteiger partial charge in [-0.3, -0.25) is 0 Å². The molecule has 5 nitrogen and oxygen atoms in total. The van der Waals surface area contributed by atoms with E-state index in [1.807, 2.05) is 44.2 Å². The maximum Gasteiger partial charge on any atom is 0.501 e. The number of carbonyl (C=O) groups excluding carboxylic acids is 1. The molecule has 0 N–H and O–H groups in total. The maximum atomic E-state index is 11.4. The van der Waals surface area contributed by atoms with E-state index in [1.165, 1.54) is 0 Å². The number of rotatable bonds is 13. The van der Waals surface area contributed by atoms with Gasteiger partial charge in [0.1, 0.15) is 0 Å². The third-order valence-corrected chi connectivity index (χ3v) is 6.50. The van der Waals surface area contributed by atoms with Crippen LogP contribution in [-0.2, 0) is 29.4 Å². The summed E-state index contributed by atoms with van der Waals surface area (Å²) in [7, 11) is -2.74. The van der Waals surface area contributed by atoms with Crippen LogP contribution >= 0.6 is 0 Å². The Labute approximate surface area is 152 Å². The molecule has 140 valence electrons. The Morgan fingerprint density at radius 1 is 1.04 bits per heavy atom. The van der Waals surface area contributed by atoms with E-state index in [2.05, 4.69) is 6.58 Å². The SMILES string of the molecule is C=C(C)C(=O)OCCCC[Si](OCC)(OCC)OCc1ccccc1. The van der Waals surface area contributed by atoms with Gasteiger partial charge in [-0.2, -0.15) is 0 Å². The van der Waals surface area contributed by atoms with Gasteiger partial charge in [0.25, 0.3) is 0 Å². The van der Waals surface area contributed by atoms with Gasteiger partial charge in [-0.15, -0.1) is 0 Å². The molecule has 0 radical (unpaired) electrons. The third-order valence-electron chi connectivity index (χ3n) is 3.49. The summed E-state index contributed by atoms with van der Waals surface area (Å²) < 4.78 is 23.1. The largest absolute Gasteiger partial charge is 0.501 e. The van der Waals surface area contributed by atoms with Crippen LogP contribution in [0.4, 0.5) is 0 Å². The van der Waals surface area contributed by atoms with Crippen molar-refractivity contribution in [2.45, 2.75) is 46.3 Å². The molecule has 0 aliphatic heterocycles. The fraction of sp³-hybridized carbons (Fsp3) is 0.526. The molecule has 0 amide bonds. The van der Waals surface area contributed by atoms with Gasteiger partial charge in [-0.25, -0.2) is 4.79 Å². The number of hydrogen-bond acceptors (Lipinski definition) is 5. The van der Waals surface area contributed by atoms with Crippen molar-refractivity contribution in [2.24, 2.45) is 0 Å². The highest BCUT2D eigenvalue weighted by atomic mass is 28.4. The molecule has 1 aromatic carbocycles. The Morgan fingerprint density at radius 2 is 1.68 bits per heavy atom. The molecular weight excluding hydrogens is 336 g/mol. The molecule has 0 heterocycles. The lowest BCUT2D eigenvalue weighted by Gasteiger charge is -2.29. The molecule has 0 fully saturated rings. The van der Waals surface area contributed by atoms with Gasteiger partial charge in [-0.05, 0) is 39.2 Å². The Morgan fingerprint density at radius 3 is 2.24 bits per heavy atom. The Balaban J connectivity index is 2.52. The van der Waals surface area contributed by atoms with Gasteiger partial charge in [0.05, 0.1) is 13.2 Å². The molecule has 0 unspecified atom stereocenters. The molecule has 0 bridgehead atoms. The molecule has 6 heteroatoms. The van der Waals surface area contributed by atoms with E-state index >= 15 is 0 Å². The summed E-state index contributed by atoms with van der Waals surface area (Å²) >= 11 is 0. The molecule has 0 aliphatic carbocycles. The van der Waals surface area contributed by atoms with Crippen LogP contribution in [-0.4, -0.2) is 34.6 Å². The van der Waals surface area contributed by atoms with Crippen LogP contribution in [0.2, 0.25) is 6.04 Å². The van der Waals surface area contributed by atoms with E-state index in [1.54, 1.807) is 6.92 Å². The molecular formula is C19H30O5Si. The standard InChI is InChI=1S/C19H30O5Si/c1-5-22-25(23-6-2,24-16-18-12-8-7-9-13-18)15-11-10-14-21-19(20)17(3)4/h7-9,12-13H,3,5-6,10-11,14-16H2,1-2,4H3. The first kappa shape index (κ1) is 21.6. The highest BCUT2D eigenvalue weighted by Crippen LogP contribution is 2.21. The fourth-order valence-electron chi connectivity index (χ4n) is 2.28. The molecule has 0 aliphatic rings. The summed E-state index contributed by atoms with van der Waals surface area (Å²) in [6.45, 7) is 11.0. The lowest BCUT2D eigenvalue weighted by Crippen LogP contribution is -2.45. The van der Waals surface area contributed by atoms with Crippen LogP contribution in [0.15, 0.2) is 42.5 Å². The zero-order chi connectivity index (χ0) is 18.5. The quantitative estimate of drug-likeness (QED) is 0.227. The van der Waals surface area contributed by atoms with Crippen molar-refractivity contribution in [1.82, 2.24) is 0 Å². The molecule has 0 saturated carbocycles. The molecule has 0 spiro atoms. The highest BCUT2D eigenvalue weighted by molar-refractivity contribution is 6.60. The molecule has 0 aromatic heterocycles. The maximum absolute atomic E-state index is 11.4. The van der Waals surface area contributed by atoms with Crippen LogP contribution in [0.25, 0.3) is 0 Å². The summed E-state index contributed by atoms with van der Waals surface area (Å²) in [5.74, 6) is -0.349. The number of carbonyl (C=O) groups is 1. The summed E-state index contributed by atoms with van der Waals surface area (Å²) in [5, 5.41) is 0. The Hall–Kier alpha value is -1.47. The summed E-state index contributed by atoms with van der Waals surface area (Å²) in [4.78, 5) is 11.4. The fourth-order valence-corrected chi connectivity index (χ4v) is 4.91. The smallest absolute Gasteiger partial charge is 0.462 e. The lowest BCUT2D eigenvalue weighted by molar-refractivity contribution is -0.139. The van der Waals surface area contributed by atoms with Crippen molar-refractivity contribution in [3.8, 4) is 0 Å². The summed E-state index contributed by atoms with van der Waals surface area (Å²) in [5.41, 5.74) is 1.51. The molecule has 1 aromatic rings. The first-order chi connectivity index (χ1) is 12.0. The van der Waals surface area contributed by atoms with Gasteiger partial charge in [0.2, 0.25) is 0 Å². The van der Waals surface area contributed by atoms with Gasteiger partial charge in [0.15, 0.2) is 0 Å². The second-order valence-corrected chi connectivity index (χ2v) is 8.43. The lowest BCUT2D eigenvalue weighted by atomic mass is 10.2. The first-order valence-electron chi connectivity index (χ1n) is 8.81. The van der Waals surface area contributed by atoms with Crippen LogP contribution in [0.5, 0.6) is 0 Å². The van der Waals surface area contributed by atoms with Crippen molar-refractivity contribution < 1.29 is 22.8 Å². The predicted molar refractivity (Wildman–Crippen MR) is 100 cm³/mol. The number of benzene rings is 1. The number of unbranched alkanes of at least 4 members (excludes halogenated alkanes) is 1. The van der Waals surface area contributed by atoms with Crippen molar-refractivity contribution in [2.75, 3.05) is 19.8 Å². The molecule has 25 heavy (non-hydrogen) atoms. The monoisotopic (exact) mass is 366 g/mol. The highest BCUT2D eigenvalue weighted by Gasteiger charge is 2.40. The number of hydrogen-bond donors (Lipinski definition) is 0. The van der Waals surface area contributed by atoms with Crippen LogP contribution in [0.3, 0.4) is 0 Å². The van der Waals surface area contributed by atoms with Gasteiger partial charge in [-0.1, -0.05) is 36.9 Å². The van der Waals surface area contributed by atoms with E-state index < -0.39 is 8.80 Å². The van der Waals surface area contributed by atoms with Gasteiger partial charge in [0, 0.05) is 24.8 Å². The first-order valence-corrected chi connectivity index (χ1v) is 10.7. The molecule has 0 saturated heterocycles. The third kappa shape index (κ3) is 8.44. The van der Waals surface area contributed by atoms with Gasteiger partial charge < -0.3 is 18.0 Å².